The number of halogens is 1. The van der Waals surface area contributed by atoms with Crippen molar-refractivity contribution in [2.24, 2.45) is 0 Å². The van der Waals surface area contributed by atoms with Gasteiger partial charge in [-0.25, -0.2) is 0 Å². The van der Waals surface area contributed by atoms with Gasteiger partial charge in [0.05, 0.1) is 0 Å². The third kappa shape index (κ3) is 2.63. The minimum atomic E-state index is 1.27. The molecule has 1 heteroatoms. The van der Waals surface area contributed by atoms with Gasteiger partial charge in [0.2, 0.25) is 0 Å². The Balaban J connectivity index is 2.40. The molecule has 0 bridgehead atoms. The largest absolute Gasteiger partial charge is 0.0620 e. The van der Waals surface area contributed by atoms with Crippen molar-refractivity contribution in [2.75, 3.05) is 0 Å². The Kier molecular flexibility index (Phi) is 3.84. The molecule has 0 heterocycles. The van der Waals surface area contributed by atoms with Crippen LogP contribution in [0.25, 0.3) is 5.57 Å². The monoisotopic (exact) mass is 312 g/mol. The van der Waals surface area contributed by atoms with Crippen LogP contribution in [0.5, 0.6) is 0 Å². The molecule has 1 aliphatic carbocycles. The maximum atomic E-state index is 2.54. The summed E-state index contributed by atoms with van der Waals surface area (Å²) in [5.74, 6) is 0. The maximum absolute atomic E-state index is 2.54. The highest BCUT2D eigenvalue weighted by Crippen LogP contribution is 2.35. The number of hydrogen-bond donors (Lipinski definition) is 0. The van der Waals surface area contributed by atoms with E-state index < -0.39 is 0 Å². The minimum Gasteiger partial charge on any atom is -0.0620 e. The third-order valence-corrected chi connectivity index (χ3v) is 4.31. The molecule has 1 aromatic rings. The van der Waals surface area contributed by atoms with Crippen molar-refractivity contribution in [1.82, 2.24) is 0 Å². The molecule has 0 spiro atoms. The molecule has 80 valence electrons. The van der Waals surface area contributed by atoms with Crippen molar-refractivity contribution in [2.45, 2.75) is 39.0 Å². The van der Waals surface area contributed by atoms with Crippen molar-refractivity contribution in [3.63, 3.8) is 0 Å². The molecule has 0 nitrogen and oxygen atoms in total. The molecule has 2 rings (SSSR count). The van der Waals surface area contributed by atoms with Gasteiger partial charge in [-0.1, -0.05) is 30.7 Å². The maximum Gasteiger partial charge on any atom is -0.00560 e. The van der Waals surface area contributed by atoms with E-state index in [1.165, 1.54) is 43.2 Å². The second-order valence-corrected chi connectivity index (χ2v) is 5.56. The summed E-state index contributed by atoms with van der Waals surface area (Å²) in [6, 6.07) is 8.78. The molecule has 0 amide bonds. The molecule has 0 radical (unpaired) electrons. The van der Waals surface area contributed by atoms with Crippen molar-refractivity contribution in [1.29, 1.82) is 0 Å². The summed E-state index contributed by atoms with van der Waals surface area (Å²) in [6.45, 7) is 2.22. The second-order valence-electron chi connectivity index (χ2n) is 4.26. The van der Waals surface area contributed by atoms with Gasteiger partial charge in [-0.3, -0.25) is 0 Å². The van der Waals surface area contributed by atoms with Crippen LogP contribution < -0.4 is 0 Å². The Morgan fingerprint density at radius 3 is 2.53 bits per heavy atom. The van der Waals surface area contributed by atoms with E-state index in [0.717, 1.165) is 0 Å². The zero-order valence-electron chi connectivity index (χ0n) is 9.22. The molecular weight excluding hydrogens is 295 g/mol. The average Bonchev–Trinajstić information content (AvgIpc) is 2.44. The van der Waals surface area contributed by atoms with Gasteiger partial charge in [0.15, 0.2) is 0 Å². The van der Waals surface area contributed by atoms with Gasteiger partial charge in [-0.15, -0.1) is 0 Å². The predicted octanol–water partition coefficient (Wildman–Crippen LogP) is 5.11. The molecule has 0 atom stereocenters. The highest BCUT2D eigenvalue weighted by Gasteiger charge is 2.12. The molecule has 0 N–H and O–H groups in total. The Morgan fingerprint density at radius 1 is 1.00 bits per heavy atom. The first-order valence-corrected chi connectivity index (χ1v) is 6.80. The number of benzene rings is 1. The Labute approximate surface area is 106 Å². The van der Waals surface area contributed by atoms with Crippen LogP contribution in [0.15, 0.2) is 27.8 Å². The fourth-order valence-corrected chi connectivity index (χ4v) is 3.18. The number of allylic oxidation sites excluding steroid dienone is 2. The van der Waals surface area contributed by atoms with E-state index in [1.807, 2.05) is 0 Å². The summed E-state index contributed by atoms with van der Waals surface area (Å²) in [5, 5.41) is 0. The molecule has 1 aromatic carbocycles. The van der Waals surface area contributed by atoms with E-state index in [2.05, 4.69) is 53.8 Å². The first-order chi connectivity index (χ1) is 7.29. The number of aryl methyl sites for hydroxylation is 1. The van der Waals surface area contributed by atoms with Crippen molar-refractivity contribution in [3.8, 4) is 0 Å². The normalized spacial score (nSPS) is 17.7. The molecule has 0 saturated heterocycles. The van der Waals surface area contributed by atoms with Crippen LogP contribution in [0, 0.1) is 6.92 Å². The van der Waals surface area contributed by atoms with E-state index in [-0.39, 0.29) is 0 Å². The SMILES string of the molecule is Cc1ccccc1C1=C(I)CCCCC1. The molecule has 0 fully saturated rings. The topological polar surface area (TPSA) is 0 Å². The molecular formula is C14H17I. The predicted molar refractivity (Wildman–Crippen MR) is 75.2 cm³/mol. The van der Waals surface area contributed by atoms with Crippen LogP contribution in [0.3, 0.4) is 0 Å². The smallest absolute Gasteiger partial charge is 0.00560 e. The van der Waals surface area contributed by atoms with Crippen LogP contribution in [-0.4, -0.2) is 0 Å². The first-order valence-electron chi connectivity index (χ1n) is 5.72. The van der Waals surface area contributed by atoms with E-state index in [4.69, 9.17) is 0 Å². The van der Waals surface area contributed by atoms with Gasteiger partial charge in [-0.05, 0) is 75.5 Å². The van der Waals surface area contributed by atoms with Crippen molar-refractivity contribution in [3.05, 3.63) is 39.0 Å². The van der Waals surface area contributed by atoms with Crippen LogP contribution in [0.1, 0.15) is 43.2 Å². The lowest BCUT2D eigenvalue weighted by Gasteiger charge is -2.11. The van der Waals surface area contributed by atoms with Gasteiger partial charge in [0.1, 0.15) is 0 Å². The summed E-state index contributed by atoms with van der Waals surface area (Å²) in [4.78, 5) is 0. The van der Waals surface area contributed by atoms with E-state index >= 15 is 0 Å². The zero-order valence-corrected chi connectivity index (χ0v) is 11.4. The average molecular weight is 312 g/mol. The van der Waals surface area contributed by atoms with Crippen molar-refractivity contribution >= 4 is 28.2 Å². The Hall–Kier alpha value is -0.310. The van der Waals surface area contributed by atoms with Gasteiger partial charge < -0.3 is 0 Å². The van der Waals surface area contributed by atoms with Crippen LogP contribution >= 0.6 is 22.6 Å². The molecule has 15 heavy (non-hydrogen) atoms. The first kappa shape index (κ1) is 11.2. The fourth-order valence-electron chi connectivity index (χ4n) is 2.24. The third-order valence-electron chi connectivity index (χ3n) is 3.12. The quantitative estimate of drug-likeness (QED) is 0.633. The molecule has 0 unspecified atom stereocenters. The standard InChI is InChI=1S/C14H17I/c1-11-7-5-6-8-12(11)13-9-3-2-4-10-14(13)15/h5-8H,2-4,9-10H2,1H3. The van der Waals surface area contributed by atoms with E-state index in [1.54, 1.807) is 9.15 Å². The number of rotatable bonds is 1. The summed E-state index contributed by atoms with van der Waals surface area (Å²) >= 11 is 2.54. The van der Waals surface area contributed by atoms with E-state index in [0.29, 0.717) is 0 Å². The van der Waals surface area contributed by atoms with Crippen LogP contribution in [0.2, 0.25) is 0 Å². The fraction of sp³-hybridized carbons (Fsp3) is 0.429. The highest BCUT2D eigenvalue weighted by molar-refractivity contribution is 14.1. The summed E-state index contributed by atoms with van der Waals surface area (Å²) in [7, 11) is 0. The highest BCUT2D eigenvalue weighted by atomic mass is 127. The molecule has 0 aliphatic heterocycles. The lowest BCUT2D eigenvalue weighted by atomic mass is 9.97. The Bertz CT molecular complexity index is 377. The minimum absolute atomic E-state index is 1.27. The number of hydrogen-bond acceptors (Lipinski definition) is 0. The van der Waals surface area contributed by atoms with Gasteiger partial charge >= 0.3 is 0 Å². The zero-order chi connectivity index (χ0) is 10.7. The lowest BCUT2D eigenvalue weighted by molar-refractivity contribution is 0.719. The van der Waals surface area contributed by atoms with Gasteiger partial charge in [-0.2, -0.15) is 0 Å². The molecule has 0 aromatic heterocycles. The van der Waals surface area contributed by atoms with Crippen LogP contribution in [0.4, 0.5) is 0 Å². The Morgan fingerprint density at radius 2 is 1.73 bits per heavy atom. The second kappa shape index (κ2) is 5.15. The van der Waals surface area contributed by atoms with Gasteiger partial charge in [0.25, 0.3) is 0 Å². The summed E-state index contributed by atoms with van der Waals surface area (Å²) in [5.41, 5.74) is 4.50. The van der Waals surface area contributed by atoms with Crippen molar-refractivity contribution < 1.29 is 0 Å². The lowest BCUT2D eigenvalue weighted by Crippen LogP contribution is -1.89. The van der Waals surface area contributed by atoms with Gasteiger partial charge in [0, 0.05) is 0 Å². The van der Waals surface area contributed by atoms with E-state index in [9.17, 15) is 0 Å². The van der Waals surface area contributed by atoms with Crippen LogP contribution in [-0.2, 0) is 0 Å². The summed E-state index contributed by atoms with van der Waals surface area (Å²) in [6.07, 6.45) is 6.67. The molecule has 1 aliphatic rings. The molecule has 0 saturated carbocycles. The summed E-state index contributed by atoms with van der Waals surface area (Å²) < 4.78 is 1.58.